The zero-order valence-electron chi connectivity index (χ0n) is 17.8. The summed E-state index contributed by atoms with van der Waals surface area (Å²) in [6, 6.07) is 15.9. The zero-order chi connectivity index (χ0) is 22.2. The van der Waals surface area contributed by atoms with Gasteiger partial charge in [-0.3, -0.25) is 10.2 Å². The first-order chi connectivity index (χ1) is 15.5. The van der Waals surface area contributed by atoms with Gasteiger partial charge < -0.3 is 14.1 Å². The smallest absolute Gasteiger partial charge is 0.282 e. The lowest BCUT2D eigenvalue weighted by molar-refractivity contribution is -0.114. The monoisotopic (exact) mass is 426 g/mol. The molecule has 160 valence electrons. The average molecular weight is 426 g/mol. The van der Waals surface area contributed by atoms with Crippen LogP contribution in [0.25, 0.3) is 17.0 Å². The molecule has 1 N–H and O–H groups in total. The van der Waals surface area contributed by atoms with Gasteiger partial charge >= 0.3 is 0 Å². The molecule has 2 aliphatic heterocycles. The highest BCUT2D eigenvalue weighted by molar-refractivity contribution is 6.32. The number of nitrogens with one attached hydrogen (secondary N) is 1. The molecular weight excluding hydrogens is 404 g/mol. The third-order valence-electron chi connectivity index (χ3n) is 5.48. The Morgan fingerprint density at radius 1 is 1.12 bits per heavy atom. The van der Waals surface area contributed by atoms with Crippen molar-refractivity contribution in [2.24, 2.45) is 4.99 Å². The van der Waals surface area contributed by atoms with E-state index >= 15 is 0 Å². The number of aryl methyl sites for hydroxylation is 1. The van der Waals surface area contributed by atoms with Crippen LogP contribution in [0.2, 0.25) is 0 Å². The number of aromatic nitrogens is 1. The number of hydrogen-bond donors (Lipinski definition) is 1. The summed E-state index contributed by atoms with van der Waals surface area (Å²) >= 11 is 0. The standard InChI is InChI=1S/C25H22N4O3/c1-16-7-3-6-10-22(16)31-12-11-28-15-18(19-8-4-5-9-21(19)28)14-20-24(26)29-23(27-25(20)30)13-17(2)32-29/h3-10,13-15,26H,11-12H2,1-2H3/b20-14-,26-24?. The summed E-state index contributed by atoms with van der Waals surface area (Å²) in [5.74, 6) is 1.33. The maximum Gasteiger partial charge on any atom is 0.282 e. The molecular formula is C25H22N4O3. The van der Waals surface area contributed by atoms with Gasteiger partial charge in [0.2, 0.25) is 0 Å². The molecule has 1 aromatic heterocycles. The molecule has 32 heavy (non-hydrogen) atoms. The predicted octanol–water partition coefficient (Wildman–Crippen LogP) is 4.48. The first-order valence-electron chi connectivity index (χ1n) is 10.4. The Labute approximate surface area is 185 Å². The summed E-state index contributed by atoms with van der Waals surface area (Å²) in [6.45, 7) is 4.93. The highest BCUT2D eigenvalue weighted by Crippen LogP contribution is 2.28. The zero-order valence-corrected chi connectivity index (χ0v) is 17.8. The number of benzene rings is 2. The van der Waals surface area contributed by atoms with Crippen molar-refractivity contribution in [3.05, 3.63) is 83.3 Å². The van der Waals surface area contributed by atoms with Crippen LogP contribution in [0.3, 0.4) is 0 Å². The van der Waals surface area contributed by atoms with Gasteiger partial charge in [0.05, 0.1) is 12.1 Å². The summed E-state index contributed by atoms with van der Waals surface area (Å²) in [5, 5.41) is 10.7. The second-order valence-corrected chi connectivity index (χ2v) is 7.73. The topological polar surface area (TPSA) is 79.9 Å². The molecule has 2 aliphatic rings. The lowest BCUT2D eigenvalue weighted by Gasteiger charge is -2.22. The van der Waals surface area contributed by atoms with Gasteiger partial charge in [-0.25, -0.2) is 0 Å². The number of ether oxygens (including phenoxy) is 1. The number of fused-ring (bicyclic) bond motifs is 2. The fourth-order valence-corrected chi connectivity index (χ4v) is 3.90. The summed E-state index contributed by atoms with van der Waals surface area (Å²) in [4.78, 5) is 22.2. The van der Waals surface area contributed by atoms with Crippen molar-refractivity contribution in [3.8, 4) is 5.75 Å². The Morgan fingerprint density at radius 3 is 2.75 bits per heavy atom. The summed E-state index contributed by atoms with van der Waals surface area (Å²) in [5.41, 5.74) is 3.16. The van der Waals surface area contributed by atoms with E-state index in [1.165, 1.54) is 5.06 Å². The fourth-order valence-electron chi connectivity index (χ4n) is 3.90. The van der Waals surface area contributed by atoms with Crippen LogP contribution in [0.4, 0.5) is 0 Å². The van der Waals surface area contributed by atoms with E-state index in [4.69, 9.17) is 15.0 Å². The average Bonchev–Trinajstić information content (AvgIpc) is 3.33. The molecule has 5 rings (SSSR count). The van der Waals surface area contributed by atoms with E-state index in [2.05, 4.69) is 9.56 Å². The molecule has 0 saturated heterocycles. The van der Waals surface area contributed by atoms with E-state index in [0.717, 1.165) is 27.8 Å². The number of amides is 1. The molecule has 2 aromatic carbocycles. The Bertz CT molecular complexity index is 1350. The fraction of sp³-hybridized carbons (Fsp3) is 0.160. The van der Waals surface area contributed by atoms with Crippen LogP contribution in [-0.4, -0.2) is 33.8 Å². The van der Waals surface area contributed by atoms with E-state index in [1.807, 2.05) is 61.7 Å². The van der Waals surface area contributed by atoms with Gasteiger partial charge in [-0.2, -0.15) is 4.99 Å². The number of hydroxylamine groups is 2. The molecule has 7 heteroatoms. The first kappa shape index (κ1) is 19.8. The van der Waals surface area contributed by atoms with Crippen LogP contribution in [0, 0.1) is 12.3 Å². The van der Waals surface area contributed by atoms with Crippen LogP contribution in [0.15, 0.2) is 77.1 Å². The quantitative estimate of drug-likeness (QED) is 0.610. The molecule has 0 aliphatic carbocycles. The maximum absolute atomic E-state index is 12.6. The highest BCUT2D eigenvalue weighted by Gasteiger charge is 2.34. The van der Waals surface area contributed by atoms with Crippen molar-refractivity contribution in [1.82, 2.24) is 9.63 Å². The van der Waals surface area contributed by atoms with E-state index in [9.17, 15) is 4.79 Å². The van der Waals surface area contributed by atoms with E-state index in [0.29, 0.717) is 24.7 Å². The molecule has 3 heterocycles. The SMILES string of the molecule is CC1=CC2=NC(=O)/C(=C\c3cn(CCOc4ccccc4C)c4ccccc34)C(=N)N2O1. The third-order valence-corrected chi connectivity index (χ3v) is 5.48. The Morgan fingerprint density at radius 2 is 1.91 bits per heavy atom. The largest absolute Gasteiger partial charge is 0.491 e. The predicted molar refractivity (Wildman–Crippen MR) is 123 cm³/mol. The van der Waals surface area contributed by atoms with Crippen LogP contribution in [0.5, 0.6) is 5.75 Å². The molecule has 0 unspecified atom stereocenters. The summed E-state index contributed by atoms with van der Waals surface area (Å²) in [7, 11) is 0. The Balaban J connectivity index is 1.44. The molecule has 0 atom stereocenters. The summed E-state index contributed by atoms with van der Waals surface area (Å²) < 4.78 is 8.07. The molecule has 3 aromatic rings. The lowest BCUT2D eigenvalue weighted by Crippen LogP contribution is -2.38. The van der Waals surface area contributed by atoms with Gasteiger partial charge in [-0.05, 0) is 37.6 Å². The highest BCUT2D eigenvalue weighted by atomic mass is 16.7. The molecule has 0 bridgehead atoms. The number of hydrogen-bond acceptors (Lipinski definition) is 4. The number of aliphatic imine (C=N–C) groups is 1. The van der Waals surface area contributed by atoms with Crippen molar-refractivity contribution in [3.63, 3.8) is 0 Å². The van der Waals surface area contributed by atoms with Gasteiger partial charge in [0.1, 0.15) is 18.1 Å². The van der Waals surface area contributed by atoms with Crippen molar-refractivity contribution < 1.29 is 14.4 Å². The molecule has 7 nitrogen and oxygen atoms in total. The van der Waals surface area contributed by atoms with Crippen molar-refractivity contribution in [2.75, 3.05) is 6.61 Å². The molecule has 0 saturated carbocycles. The lowest BCUT2D eigenvalue weighted by atomic mass is 10.1. The van der Waals surface area contributed by atoms with Gasteiger partial charge in [0, 0.05) is 28.7 Å². The summed E-state index contributed by atoms with van der Waals surface area (Å²) in [6.07, 6.45) is 5.33. The molecule has 1 amide bonds. The number of para-hydroxylation sites is 2. The minimum absolute atomic E-state index is 0.0205. The van der Waals surface area contributed by atoms with Gasteiger partial charge in [-0.1, -0.05) is 36.4 Å². The van der Waals surface area contributed by atoms with Gasteiger partial charge in [-0.15, -0.1) is 5.06 Å². The van der Waals surface area contributed by atoms with E-state index in [-0.39, 0.29) is 11.4 Å². The van der Waals surface area contributed by atoms with Crippen LogP contribution in [0.1, 0.15) is 18.1 Å². The maximum atomic E-state index is 12.6. The Kier molecular flexibility index (Phi) is 4.86. The van der Waals surface area contributed by atoms with Crippen molar-refractivity contribution in [2.45, 2.75) is 20.4 Å². The number of amidine groups is 2. The van der Waals surface area contributed by atoms with Gasteiger partial charge in [0.25, 0.3) is 5.91 Å². The second-order valence-electron chi connectivity index (χ2n) is 7.73. The third kappa shape index (κ3) is 3.47. The second kappa shape index (κ2) is 7.85. The number of carbonyl (C=O) groups excluding carboxylic acids is 1. The Hall–Kier alpha value is -4.13. The minimum atomic E-state index is -0.449. The minimum Gasteiger partial charge on any atom is -0.491 e. The number of allylic oxidation sites excluding steroid dienone is 1. The molecule has 0 radical (unpaired) electrons. The van der Waals surface area contributed by atoms with Crippen LogP contribution < -0.4 is 4.74 Å². The van der Waals surface area contributed by atoms with Crippen LogP contribution >= 0.6 is 0 Å². The number of nitrogens with zero attached hydrogens (tertiary/aromatic N) is 3. The van der Waals surface area contributed by atoms with Crippen LogP contribution in [-0.2, 0) is 16.2 Å². The molecule has 0 fully saturated rings. The number of rotatable bonds is 5. The number of carbonyl (C=O) groups is 1. The first-order valence-corrected chi connectivity index (χ1v) is 10.4. The molecule has 0 spiro atoms. The van der Waals surface area contributed by atoms with E-state index in [1.54, 1.807) is 19.1 Å². The van der Waals surface area contributed by atoms with Crippen molar-refractivity contribution in [1.29, 1.82) is 5.41 Å². The normalized spacial score (nSPS) is 16.8. The van der Waals surface area contributed by atoms with Crippen molar-refractivity contribution >= 4 is 34.6 Å². The van der Waals surface area contributed by atoms with Gasteiger partial charge in [0.15, 0.2) is 11.7 Å². The van der Waals surface area contributed by atoms with E-state index < -0.39 is 5.91 Å².